The Bertz CT molecular complexity index is 349. The summed E-state index contributed by atoms with van der Waals surface area (Å²) in [5.74, 6) is -0.857. The molecule has 1 nitrogen and oxygen atoms in total. The van der Waals surface area contributed by atoms with E-state index in [-0.39, 0.29) is 11.8 Å². The van der Waals surface area contributed by atoms with Gasteiger partial charge in [0.15, 0.2) is 0 Å². The van der Waals surface area contributed by atoms with Crippen molar-refractivity contribution in [3.05, 3.63) is 35.4 Å². The van der Waals surface area contributed by atoms with Gasteiger partial charge in [0.25, 0.3) is 0 Å². The maximum atomic E-state index is 13.3. The molecule has 0 spiro atoms. The van der Waals surface area contributed by atoms with E-state index in [0.29, 0.717) is 5.56 Å². The summed E-state index contributed by atoms with van der Waals surface area (Å²) in [6.45, 7) is 1.70. The summed E-state index contributed by atoms with van der Waals surface area (Å²) in [4.78, 5) is 0. The van der Waals surface area contributed by atoms with E-state index in [1.165, 1.54) is 12.1 Å². The van der Waals surface area contributed by atoms with Crippen LogP contribution in [-0.4, -0.2) is 11.2 Å². The number of halogens is 2. The van der Waals surface area contributed by atoms with Gasteiger partial charge in [-0.25, -0.2) is 8.78 Å². The lowest BCUT2D eigenvalue weighted by Crippen LogP contribution is -2.04. The summed E-state index contributed by atoms with van der Waals surface area (Å²) in [5.41, 5.74) is 0.525. The van der Waals surface area contributed by atoms with Crippen molar-refractivity contribution in [3.8, 4) is 0 Å². The number of hydrogen-bond donors (Lipinski definition) is 1. The Morgan fingerprint density at radius 2 is 2.14 bits per heavy atom. The van der Waals surface area contributed by atoms with Gasteiger partial charge in [-0.3, -0.25) is 0 Å². The molecule has 0 aliphatic heterocycles. The van der Waals surface area contributed by atoms with Gasteiger partial charge in [0, 0.05) is 6.07 Å². The SMILES string of the molecule is C[C@@H](O)[C@@H]1C[C@@H]1c1ccc(F)cc1F. The van der Waals surface area contributed by atoms with E-state index >= 15 is 0 Å². The Morgan fingerprint density at radius 3 is 2.64 bits per heavy atom. The van der Waals surface area contributed by atoms with Crippen LogP contribution in [0, 0.1) is 17.6 Å². The van der Waals surface area contributed by atoms with Crippen LogP contribution in [0.4, 0.5) is 8.78 Å². The lowest BCUT2D eigenvalue weighted by atomic mass is 10.1. The van der Waals surface area contributed by atoms with Gasteiger partial charge in [-0.15, -0.1) is 0 Å². The van der Waals surface area contributed by atoms with Crippen LogP contribution in [0.1, 0.15) is 24.8 Å². The molecule has 1 aliphatic rings. The lowest BCUT2D eigenvalue weighted by Gasteiger charge is -2.04. The molecule has 76 valence electrons. The maximum Gasteiger partial charge on any atom is 0.129 e. The van der Waals surface area contributed by atoms with Gasteiger partial charge in [-0.1, -0.05) is 6.07 Å². The highest BCUT2D eigenvalue weighted by Gasteiger charge is 2.42. The number of aliphatic hydroxyl groups excluding tert-OH is 1. The zero-order valence-electron chi connectivity index (χ0n) is 7.87. The fourth-order valence-electron chi connectivity index (χ4n) is 1.91. The normalized spacial score (nSPS) is 27.4. The first-order chi connectivity index (χ1) is 6.59. The van der Waals surface area contributed by atoms with Crippen molar-refractivity contribution in [2.75, 3.05) is 0 Å². The zero-order valence-corrected chi connectivity index (χ0v) is 7.87. The highest BCUT2D eigenvalue weighted by molar-refractivity contribution is 5.28. The Balaban J connectivity index is 2.19. The Morgan fingerprint density at radius 1 is 1.43 bits per heavy atom. The van der Waals surface area contributed by atoms with Gasteiger partial charge in [-0.05, 0) is 36.8 Å². The molecule has 0 unspecified atom stereocenters. The largest absolute Gasteiger partial charge is 0.393 e. The molecule has 3 atom stereocenters. The van der Waals surface area contributed by atoms with Crippen molar-refractivity contribution in [3.63, 3.8) is 0 Å². The van der Waals surface area contributed by atoms with Crippen LogP contribution >= 0.6 is 0 Å². The van der Waals surface area contributed by atoms with E-state index in [4.69, 9.17) is 0 Å². The third-order valence-electron chi connectivity index (χ3n) is 2.82. The summed E-state index contributed by atoms with van der Waals surface area (Å²) in [6.07, 6.45) is 0.379. The van der Waals surface area contributed by atoms with Crippen molar-refractivity contribution in [1.29, 1.82) is 0 Å². The molecule has 1 saturated carbocycles. The molecule has 2 rings (SSSR count). The Kier molecular flexibility index (Phi) is 2.27. The van der Waals surface area contributed by atoms with Crippen LogP contribution < -0.4 is 0 Å². The van der Waals surface area contributed by atoms with Crippen LogP contribution in [0.3, 0.4) is 0 Å². The Hall–Kier alpha value is -0.960. The van der Waals surface area contributed by atoms with Crippen molar-refractivity contribution >= 4 is 0 Å². The molecule has 1 N–H and O–H groups in total. The first-order valence-corrected chi connectivity index (χ1v) is 4.72. The fraction of sp³-hybridized carbons (Fsp3) is 0.455. The number of hydrogen-bond acceptors (Lipinski definition) is 1. The summed E-state index contributed by atoms with van der Waals surface area (Å²) in [6, 6.07) is 3.63. The molecule has 0 heterocycles. The van der Waals surface area contributed by atoms with Gasteiger partial charge in [0.05, 0.1) is 6.10 Å². The maximum absolute atomic E-state index is 13.3. The molecule has 0 amide bonds. The van der Waals surface area contributed by atoms with E-state index in [9.17, 15) is 13.9 Å². The average molecular weight is 198 g/mol. The summed E-state index contributed by atoms with van der Waals surface area (Å²) < 4.78 is 25.9. The Labute approximate surface area is 81.4 Å². The van der Waals surface area contributed by atoms with Gasteiger partial charge >= 0.3 is 0 Å². The molecule has 1 aromatic carbocycles. The minimum Gasteiger partial charge on any atom is -0.393 e. The first kappa shape index (κ1) is 9.59. The monoisotopic (exact) mass is 198 g/mol. The lowest BCUT2D eigenvalue weighted by molar-refractivity contribution is 0.168. The van der Waals surface area contributed by atoms with Crippen molar-refractivity contribution in [2.24, 2.45) is 5.92 Å². The molecule has 3 heteroatoms. The smallest absolute Gasteiger partial charge is 0.129 e. The first-order valence-electron chi connectivity index (χ1n) is 4.72. The van der Waals surface area contributed by atoms with E-state index in [1.807, 2.05) is 0 Å². The number of rotatable bonds is 2. The van der Waals surface area contributed by atoms with E-state index in [2.05, 4.69) is 0 Å². The second kappa shape index (κ2) is 3.31. The average Bonchev–Trinajstić information content (AvgIpc) is 2.83. The number of aliphatic hydroxyl groups is 1. The molecule has 1 aromatic rings. The predicted molar refractivity (Wildman–Crippen MR) is 48.9 cm³/mol. The number of benzene rings is 1. The van der Waals surface area contributed by atoms with Gasteiger partial charge in [0.2, 0.25) is 0 Å². The second-order valence-electron chi connectivity index (χ2n) is 3.91. The van der Waals surface area contributed by atoms with E-state index in [1.54, 1.807) is 6.92 Å². The van der Waals surface area contributed by atoms with Crippen molar-refractivity contribution < 1.29 is 13.9 Å². The molecule has 0 bridgehead atoms. The molecular formula is C11H12F2O. The van der Waals surface area contributed by atoms with Crippen LogP contribution in [0.25, 0.3) is 0 Å². The molecular weight excluding hydrogens is 186 g/mol. The van der Waals surface area contributed by atoms with Crippen LogP contribution in [-0.2, 0) is 0 Å². The molecule has 1 aliphatic carbocycles. The minimum atomic E-state index is -0.555. The van der Waals surface area contributed by atoms with Crippen LogP contribution in [0.5, 0.6) is 0 Å². The fourth-order valence-corrected chi connectivity index (χ4v) is 1.91. The minimum absolute atomic E-state index is 0.0654. The summed E-state index contributed by atoms with van der Waals surface area (Å²) >= 11 is 0. The molecule has 14 heavy (non-hydrogen) atoms. The topological polar surface area (TPSA) is 20.2 Å². The predicted octanol–water partition coefficient (Wildman–Crippen LogP) is 2.45. The van der Waals surface area contributed by atoms with Gasteiger partial charge < -0.3 is 5.11 Å². The van der Waals surface area contributed by atoms with Crippen LogP contribution in [0.2, 0.25) is 0 Å². The quantitative estimate of drug-likeness (QED) is 0.773. The zero-order chi connectivity index (χ0) is 10.3. The third kappa shape index (κ3) is 1.64. The van der Waals surface area contributed by atoms with Crippen molar-refractivity contribution in [2.45, 2.75) is 25.4 Å². The molecule has 0 saturated heterocycles. The molecule has 0 radical (unpaired) electrons. The van der Waals surface area contributed by atoms with Crippen molar-refractivity contribution in [1.82, 2.24) is 0 Å². The highest BCUT2D eigenvalue weighted by atomic mass is 19.1. The second-order valence-corrected chi connectivity index (χ2v) is 3.91. The van der Waals surface area contributed by atoms with Crippen LogP contribution in [0.15, 0.2) is 18.2 Å². The summed E-state index contributed by atoms with van der Waals surface area (Å²) in [5, 5.41) is 9.27. The highest BCUT2D eigenvalue weighted by Crippen LogP contribution is 2.50. The van der Waals surface area contributed by atoms with E-state index in [0.717, 1.165) is 12.5 Å². The van der Waals surface area contributed by atoms with Gasteiger partial charge in [-0.2, -0.15) is 0 Å². The standard InChI is InChI=1S/C11H12F2O/c1-6(14)9-5-10(9)8-3-2-7(12)4-11(8)13/h2-4,6,9-10,14H,5H2,1H3/t6-,9+,10-/m1/s1. The molecule has 0 aromatic heterocycles. The molecule has 1 fully saturated rings. The van der Waals surface area contributed by atoms with Gasteiger partial charge in [0.1, 0.15) is 11.6 Å². The van der Waals surface area contributed by atoms with E-state index < -0.39 is 17.7 Å². The summed E-state index contributed by atoms with van der Waals surface area (Å²) in [7, 11) is 0. The third-order valence-corrected chi connectivity index (χ3v) is 2.82.